The van der Waals surface area contributed by atoms with Crippen LogP contribution in [0.5, 0.6) is 5.75 Å². The Labute approximate surface area is 103 Å². The first-order valence-electron chi connectivity index (χ1n) is 5.87. The maximum Gasteiger partial charge on any atom is 0.115 e. The first-order chi connectivity index (χ1) is 8.01. The van der Waals surface area contributed by atoms with Gasteiger partial charge in [-0.15, -0.1) is 0 Å². The van der Waals surface area contributed by atoms with E-state index in [4.69, 9.17) is 0 Å². The molecule has 0 bridgehead atoms. The van der Waals surface area contributed by atoms with Crippen molar-refractivity contribution in [3.05, 3.63) is 65.2 Å². The average Bonchev–Trinajstić information content (AvgIpc) is 2.29. The van der Waals surface area contributed by atoms with Crippen LogP contribution in [0.2, 0.25) is 0 Å². The number of rotatable bonds is 2. The molecule has 0 heterocycles. The Balaban J connectivity index is 2.52. The first-order valence-corrected chi connectivity index (χ1v) is 5.87. The highest BCUT2D eigenvalue weighted by molar-refractivity contribution is 5.44. The van der Waals surface area contributed by atoms with E-state index in [1.165, 1.54) is 11.1 Å². The molecule has 0 aliphatic rings. The molecule has 1 N–H and O–H groups in total. The van der Waals surface area contributed by atoms with E-state index in [2.05, 4.69) is 38.1 Å². The van der Waals surface area contributed by atoms with Gasteiger partial charge >= 0.3 is 0 Å². The predicted molar refractivity (Wildman–Crippen MR) is 71.4 cm³/mol. The molecule has 0 aliphatic carbocycles. The minimum absolute atomic E-state index is 0.0426. The molecule has 1 heteroatoms. The van der Waals surface area contributed by atoms with Crippen LogP contribution in [0.4, 0.5) is 0 Å². The van der Waals surface area contributed by atoms with Gasteiger partial charge in [0.1, 0.15) is 5.75 Å². The standard InChI is InChI=1S/C16H18O/c1-12-11-14(17)9-10-15(12)16(2,3)13-7-5-4-6-8-13/h4-11,17H,1-3H3. The number of benzene rings is 2. The molecular formula is C16H18O. The Morgan fingerprint density at radius 2 is 1.59 bits per heavy atom. The van der Waals surface area contributed by atoms with Gasteiger partial charge < -0.3 is 5.11 Å². The largest absolute Gasteiger partial charge is 0.508 e. The molecule has 0 spiro atoms. The van der Waals surface area contributed by atoms with E-state index >= 15 is 0 Å². The number of phenolic OH excluding ortho intramolecular Hbond substituents is 1. The van der Waals surface area contributed by atoms with Crippen LogP contribution >= 0.6 is 0 Å². The van der Waals surface area contributed by atoms with Crippen molar-refractivity contribution in [3.8, 4) is 5.75 Å². The molecule has 2 rings (SSSR count). The summed E-state index contributed by atoms with van der Waals surface area (Å²) in [6.45, 7) is 6.46. The number of hydrogen-bond acceptors (Lipinski definition) is 1. The van der Waals surface area contributed by atoms with E-state index in [0.717, 1.165) is 5.56 Å². The van der Waals surface area contributed by atoms with Crippen LogP contribution in [0.3, 0.4) is 0 Å². The zero-order valence-corrected chi connectivity index (χ0v) is 10.6. The molecule has 88 valence electrons. The highest BCUT2D eigenvalue weighted by atomic mass is 16.3. The Morgan fingerprint density at radius 1 is 0.941 bits per heavy atom. The molecule has 2 aromatic rings. The van der Waals surface area contributed by atoms with E-state index in [1.54, 1.807) is 6.07 Å². The van der Waals surface area contributed by atoms with Gasteiger partial charge in [-0.1, -0.05) is 50.2 Å². The van der Waals surface area contributed by atoms with Gasteiger partial charge in [-0.2, -0.15) is 0 Å². The van der Waals surface area contributed by atoms with Crippen LogP contribution in [0.25, 0.3) is 0 Å². The summed E-state index contributed by atoms with van der Waals surface area (Å²) < 4.78 is 0. The van der Waals surface area contributed by atoms with Crippen molar-refractivity contribution in [1.29, 1.82) is 0 Å². The third-order valence-electron chi connectivity index (χ3n) is 3.38. The SMILES string of the molecule is Cc1cc(O)ccc1C(C)(C)c1ccccc1. The van der Waals surface area contributed by atoms with Gasteiger partial charge in [-0.3, -0.25) is 0 Å². The van der Waals surface area contributed by atoms with Gasteiger partial charge in [0.05, 0.1) is 0 Å². The molecule has 2 aromatic carbocycles. The fourth-order valence-electron chi connectivity index (χ4n) is 2.36. The summed E-state index contributed by atoms with van der Waals surface area (Å²) in [7, 11) is 0. The van der Waals surface area contributed by atoms with Crippen LogP contribution in [0.15, 0.2) is 48.5 Å². The van der Waals surface area contributed by atoms with E-state index in [1.807, 2.05) is 25.1 Å². The van der Waals surface area contributed by atoms with Crippen molar-refractivity contribution < 1.29 is 5.11 Å². The zero-order chi connectivity index (χ0) is 12.5. The van der Waals surface area contributed by atoms with Crippen LogP contribution < -0.4 is 0 Å². The zero-order valence-electron chi connectivity index (χ0n) is 10.6. The fourth-order valence-corrected chi connectivity index (χ4v) is 2.36. The molecule has 0 saturated carbocycles. The molecule has 0 fully saturated rings. The van der Waals surface area contributed by atoms with Crippen molar-refractivity contribution in [2.75, 3.05) is 0 Å². The normalized spacial score (nSPS) is 11.5. The van der Waals surface area contributed by atoms with Crippen LogP contribution in [-0.4, -0.2) is 5.11 Å². The van der Waals surface area contributed by atoms with Crippen LogP contribution in [0, 0.1) is 6.92 Å². The molecule has 0 aliphatic heterocycles. The third-order valence-corrected chi connectivity index (χ3v) is 3.38. The maximum absolute atomic E-state index is 9.47. The van der Waals surface area contributed by atoms with Crippen molar-refractivity contribution >= 4 is 0 Å². The lowest BCUT2D eigenvalue weighted by Crippen LogP contribution is -2.20. The summed E-state index contributed by atoms with van der Waals surface area (Å²) in [6.07, 6.45) is 0. The Morgan fingerprint density at radius 3 is 2.18 bits per heavy atom. The second-order valence-electron chi connectivity index (χ2n) is 4.99. The number of aromatic hydroxyl groups is 1. The second kappa shape index (κ2) is 4.25. The molecule has 0 unspecified atom stereocenters. The molecule has 17 heavy (non-hydrogen) atoms. The quantitative estimate of drug-likeness (QED) is 0.819. The monoisotopic (exact) mass is 226 g/mol. The minimum atomic E-state index is -0.0426. The lowest BCUT2D eigenvalue weighted by atomic mass is 9.76. The predicted octanol–water partition coefficient (Wildman–Crippen LogP) is 4.03. The third kappa shape index (κ3) is 2.19. The molecule has 0 saturated heterocycles. The fraction of sp³-hybridized carbons (Fsp3) is 0.250. The minimum Gasteiger partial charge on any atom is -0.508 e. The average molecular weight is 226 g/mol. The van der Waals surface area contributed by atoms with Gasteiger partial charge in [0.15, 0.2) is 0 Å². The number of phenols is 1. The van der Waals surface area contributed by atoms with Crippen LogP contribution in [0.1, 0.15) is 30.5 Å². The van der Waals surface area contributed by atoms with Crippen molar-refractivity contribution in [2.45, 2.75) is 26.2 Å². The van der Waals surface area contributed by atoms with E-state index in [0.29, 0.717) is 5.75 Å². The Hall–Kier alpha value is -1.76. The summed E-state index contributed by atoms with van der Waals surface area (Å²) in [6, 6.07) is 16.0. The van der Waals surface area contributed by atoms with Crippen molar-refractivity contribution in [2.24, 2.45) is 0 Å². The van der Waals surface area contributed by atoms with Crippen molar-refractivity contribution in [1.82, 2.24) is 0 Å². The molecule has 0 aromatic heterocycles. The molecule has 0 radical (unpaired) electrons. The topological polar surface area (TPSA) is 20.2 Å². The summed E-state index contributed by atoms with van der Waals surface area (Å²) >= 11 is 0. The Kier molecular flexibility index (Phi) is 2.93. The van der Waals surface area contributed by atoms with Crippen LogP contribution in [-0.2, 0) is 5.41 Å². The summed E-state index contributed by atoms with van der Waals surface area (Å²) in [5.41, 5.74) is 3.62. The molecular weight excluding hydrogens is 208 g/mol. The number of hydrogen-bond donors (Lipinski definition) is 1. The van der Waals surface area contributed by atoms with E-state index in [9.17, 15) is 5.11 Å². The highest BCUT2D eigenvalue weighted by Gasteiger charge is 2.24. The van der Waals surface area contributed by atoms with Gasteiger partial charge in [-0.05, 0) is 35.7 Å². The molecule has 0 atom stereocenters. The van der Waals surface area contributed by atoms with Gasteiger partial charge in [0.2, 0.25) is 0 Å². The summed E-state index contributed by atoms with van der Waals surface area (Å²) in [5, 5.41) is 9.47. The first kappa shape index (κ1) is 11.7. The lowest BCUT2D eigenvalue weighted by molar-refractivity contribution is 0.474. The van der Waals surface area contributed by atoms with E-state index in [-0.39, 0.29) is 5.41 Å². The van der Waals surface area contributed by atoms with Gasteiger partial charge in [-0.25, -0.2) is 0 Å². The molecule has 0 amide bonds. The summed E-state index contributed by atoms with van der Waals surface area (Å²) in [4.78, 5) is 0. The lowest BCUT2D eigenvalue weighted by Gasteiger charge is -2.28. The summed E-state index contributed by atoms with van der Waals surface area (Å²) in [5.74, 6) is 0.329. The second-order valence-corrected chi connectivity index (χ2v) is 4.99. The molecule has 1 nitrogen and oxygen atoms in total. The van der Waals surface area contributed by atoms with Gasteiger partial charge in [0.25, 0.3) is 0 Å². The van der Waals surface area contributed by atoms with E-state index < -0.39 is 0 Å². The van der Waals surface area contributed by atoms with Crippen molar-refractivity contribution in [3.63, 3.8) is 0 Å². The number of aryl methyl sites for hydroxylation is 1. The van der Waals surface area contributed by atoms with Gasteiger partial charge in [0, 0.05) is 5.41 Å². The Bertz CT molecular complexity index is 512. The highest BCUT2D eigenvalue weighted by Crippen LogP contribution is 2.34. The smallest absolute Gasteiger partial charge is 0.115 e. The maximum atomic E-state index is 9.47.